The Morgan fingerprint density at radius 3 is 2.63 bits per heavy atom. The summed E-state index contributed by atoms with van der Waals surface area (Å²) in [5, 5.41) is 2.81. The van der Waals surface area contributed by atoms with Crippen molar-refractivity contribution in [1.82, 2.24) is 5.32 Å². The van der Waals surface area contributed by atoms with Gasteiger partial charge in [-0.05, 0) is 38.5 Å². The van der Waals surface area contributed by atoms with Crippen LogP contribution in [0.2, 0.25) is 0 Å². The third kappa shape index (κ3) is 4.16. The summed E-state index contributed by atoms with van der Waals surface area (Å²) < 4.78 is 0. The molecule has 3 N–H and O–H groups in total. The fraction of sp³-hybridized carbons (Fsp3) is 0.533. The van der Waals surface area contributed by atoms with E-state index in [0.29, 0.717) is 12.1 Å². The number of nitrogens with zero attached hydrogens (tertiary/aromatic N) is 1. The van der Waals surface area contributed by atoms with Crippen molar-refractivity contribution in [2.45, 2.75) is 33.6 Å². The molecule has 4 nitrogen and oxygen atoms in total. The fourth-order valence-electron chi connectivity index (χ4n) is 2.02. The Bertz CT molecular complexity index is 418. The Kier molecular flexibility index (Phi) is 6.19. The largest absolute Gasteiger partial charge is 0.397 e. The minimum atomic E-state index is -0.0460. The van der Waals surface area contributed by atoms with Crippen LogP contribution in [0.5, 0.6) is 0 Å². The van der Waals surface area contributed by atoms with Crippen molar-refractivity contribution >= 4 is 17.3 Å². The molecule has 0 unspecified atom stereocenters. The zero-order valence-electron chi connectivity index (χ0n) is 12.2. The number of rotatable bonds is 7. The van der Waals surface area contributed by atoms with Crippen LogP contribution in [0, 0.1) is 0 Å². The molecule has 0 aromatic heterocycles. The number of benzene rings is 1. The van der Waals surface area contributed by atoms with Crippen molar-refractivity contribution < 1.29 is 4.79 Å². The van der Waals surface area contributed by atoms with Gasteiger partial charge in [-0.1, -0.05) is 13.3 Å². The van der Waals surface area contributed by atoms with E-state index in [2.05, 4.69) is 24.1 Å². The van der Waals surface area contributed by atoms with Gasteiger partial charge in [-0.3, -0.25) is 4.79 Å². The van der Waals surface area contributed by atoms with Gasteiger partial charge in [0.15, 0.2) is 0 Å². The van der Waals surface area contributed by atoms with Gasteiger partial charge in [-0.15, -0.1) is 0 Å². The molecule has 1 rings (SSSR count). The maximum atomic E-state index is 11.9. The molecule has 106 valence electrons. The van der Waals surface area contributed by atoms with Crippen molar-refractivity contribution in [3.05, 3.63) is 23.8 Å². The molecule has 0 bridgehead atoms. The standard InChI is InChI=1S/C15H25N3O/c1-4-7-10-18(6-3)14-11-12(8-9-13(14)16)15(19)17-5-2/h8-9,11H,4-7,10,16H2,1-3H3,(H,17,19). The number of hydrogen-bond donors (Lipinski definition) is 2. The van der Waals surface area contributed by atoms with Crippen LogP contribution in [0.25, 0.3) is 0 Å². The Balaban J connectivity index is 2.97. The zero-order valence-corrected chi connectivity index (χ0v) is 12.2. The third-order valence-corrected chi connectivity index (χ3v) is 3.13. The minimum absolute atomic E-state index is 0.0460. The smallest absolute Gasteiger partial charge is 0.251 e. The van der Waals surface area contributed by atoms with E-state index in [4.69, 9.17) is 5.73 Å². The number of unbranched alkanes of at least 4 members (excludes halogenated alkanes) is 1. The Hall–Kier alpha value is -1.71. The van der Waals surface area contributed by atoms with E-state index >= 15 is 0 Å². The third-order valence-electron chi connectivity index (χ3n) is 3.13. The number of hydrogen-bond acceptors (Lipinski definition) is 3. The SMILES string of the molecule is CCCCN(CC)c1cc(C(=O)NCC)ccc1N. The van der Waals surface area contributed by atoms with E-state index in [9.17, 15) is 4.79 Å². The van der Waals surface area contributed by atoms with Gasteiger partial charge in [-0.2, -0.15) is 0 Å². The van der Waals surface area contributed by atoms with Crippen LogP contribution in [-0.2, 0) is 0 Å². The number of carbonyl (C=O) groups excluding carboxylic acids is 1. The second-order valence-electron chi connectivity index (χ2n) is 4.57. The number of nitrogens with one attached hydrogen (secondary N) is 1. The van der Waals surface area contributed by atoms with Crippen molar-refractivity contribution in [3.8, 4) is 0 Å². The average molecular weight is 263 g/mol. The van der Waals surface area contributed by atoms with Gasteiger partial charge in [0.1, 0.15) is 0 Å². The molecular weight excluding hydrogens is 238 g/mol. The molecule has 0 aliphatic carbocycles. The van der Waals surface area contributed by atoms with Gasteiger partial charge in [0.2, 0.25) is 0 Å². The molecule has 19 heavy (non-hydrogen) atoms. The Morgan fingerprint density at radius 2 is 2.05 bits per heavy atom. The summed E-state index contributed by atoms with van der Waals surface area (Å²) in [7, 11) is 0. The molecule has 0 aliphatic rings. The van der Waals surface area contributed by atoms with Crippen LogP contribution < -0.4 is 16.0 Å². The molecule has 0 spiro atoms. The van der Waals surface area contributed by atoms with E-state index in [-0.39, 0.29) is 5.91 Å². The molecule has 0 radical (unpaired) electrons. The summed E-state index contributed by atoms with van der Waals surface area (Å²) in [6.07, 6.45) is 2.27. The van der Waals surface area contributed by atoms with Crippen molar-refractivity contribution in [3.63, 3.8) is 0 Å². The highest BCUT2D eigenvalue weighted by Crippen LogP contribution is 2.25. The first-order valence-electron chi connectivity index (χ1n) is 7.06. The first-order chi connectivity index (χ1) is 9.13. The van der Waals surface area contributed by atoms with Crippen LogP contribution in [-0.4, -0.2) is 25.5 Å². The topological polar surface area (TPSA) is 58.4 Å². The lowest BCUT2D eigenvalue weighted by Crippen LogP contribution is -2.26. The summed E-state index contributed by atoms with van der Waals surface area (Å²) in [5.74, 6) is -0.0460. The van der Waals surface area contributed by atoms with E-state index in [1.165, 1.54) is 0 Å². The molecule has 0 fully saturated rings. The van der Waals surface area contributed by atoms with Crippen molar-refractivity contribution in [1.29, 1.82) is 0 Å². The molecular formula is C15H25N3O. The van der Waals surface area contributed by atoms with Crippen LogP contribution in [0.1, 0.15) is 44.0 Å². The van der Waals surface area contributed by atoms with Gasteiger partial charge in [0.25, 0.3) is 5.91 Å². The summed E-state index contributed by atoms with van der Waals surface area (Å²) in [6.45, 7) is 8.68. The summed E-state index contributed by atoms with van der Waals surface area (Å²) in [6, 6.07) is 5.48. The summed E-state index contributed by atoms with van der Waals surface area (Å²) in [5.41, 5.74) is 8.39. The predicted molar refractivity (Wildman–Crippen MR) is 81.7 cm³/mol. The number of anilines is 2. The molecule has 0 saturated heterocycles. The molecule has 0 atom stereocenters. The molecule has 0 aliphatic heterocycles. The quantitative estimate of drug-likeness (QED) is 0.744. The first kappa shape index (κ1) is 15.3. The lowest BCUT2D eigenvalue weighted by Gasteiger charge is -2.25. The number of nitrogens with two attached hydrogens (primary N) is 1. The van der Waals surface area contributed by atoms with Crippen LogP contribution in [0.3, 0.4) is 0 Å². The zero-order chi connectivity index (χ0) is 14.3. The highest BCUT2D eigenvalue weighted by Gasteiger charge is 2.11. The molecule has 4 heteroatoms. The van der Waals surface area contributed by atoms with Crippen molar-refractivity contribution in [2.24, 2.45) is 0 Å². The van der Waals surface area contributed by atoms with E-state index in [1.54, 1.807) is 6.07 Å². The first-order valence-corrected chi connectivity index (χ1v) is 7.06. The lowest BCUT2D eigenvalue weighted by molar-refractivity contribution is 0.0956. The normalized spacial score (nSPS) is 10.3. The second kappa shape index (κ2) is 7.67. The lowest BCUT2D eigenvalue weighted by atomic mass is 10.1. The Labute approximate surface area is 116 Å². The highest BCUT2D eigenvalue weighted by molar-refractivity contribution is 5.96. The van der Waals surface area contributed by atoms with Gasteiger partial charge in [0.05, 0.1) is 11.4 Å². The van der Waals surface area contributed by atoms with E-state index < -0.39 is 0 Å². The summed E-state index contributed by atoms with van der Waals surface area (Å²) in [4.78, 5) is 14.1. The van der Waals surface area contributed by atoms with Gasteiger partial charge in [0, 0.05) is 25.2 Å². The van der Waals surface area contributed by atoms with Crippen LogP contribution in [0.4, 0.5) is 11.4 Å². The predicted octanol–water partition coefficient (Wildman–Crippen LogP) is 2.64. The van der Waals surface area contributed by atoms with Gasteiger partial charge in [-0.25, -0.2) is 0 Å². The number of amides is 1. The van der Waals surface area contributed by atoms with Crippen LogP contribution in [0.15, 0.2) is 18.2 Å². The summed E-state index contributed by atoms with van der Waals surface area (Å²) >= 11 is 0. The molecule has 0 heterocycles. The minimum Gasteiger partial charge on any atom is -0.397 e. The molecule has 0 saturated carbocycles. The number of nitrogen functional groups attached to an aromatic ring is 1. The Morgan fingerprint density at radius 1 is 1.32 bits per heavy atom. The average Bonchev–Trinajstić information content (AvgIpc) is 2.41. The maximum Gasteiger partial charge on any atom is 0.251 e. The second-order valence-corrected chi connectivity index (χ2v) is 4.57. The van der Waals surface area contributed by atoms with E-state index in [0.717, 1.165) is 37.3 Å². The van der Waals surface area contributed by atoms with Gasteiger partial charge < -0.3 is 16.0 Å². The molecule has 1 aromatic rings. The van der Waals surface area contributed by atoms with E-state index in [1.807, 2.05) is 19.1 Å². The van der Waals surface area contributed by atoms with Crippen molar-refractivity contribution in [2.75, 3.05) is 30.3 Å². The van der Waals surface area contributed by atoms with Crippen LogP contribution >= 0.6 is 0 Å². The molecule has 1 aromatic carbocycles. The van der Waals surface area contributed by atoms with Gasteiger partial charge >= 0.3 is 0 Å². The highest BCUT2D eigenvalue weighted by atomic mass is 16.1. The monoisotopic (exact) mass is 263 g/mol. The number of carbonyl (C=O) groups is 1. The molecule has 1 amide bonds. The fourth-order valence-corrected chi connectivity index (χ4v) is 2.02. The maximum absolute atomic E-state index is 11.9.